The van der Waals surface area contributed by atoms with Gasteiger partial charge in [0.05, 0.1) is 17.1 Å². The fourth-order valence-electron chi connectivity index (χ4n) is 4.58. The number of nitrogen functional groups attached to an aromatic ring is 1. The van der Waals surface area contributed by atoms with Crippen LogP contribution in [0.2, 0.25) is 5.02 Å². The Bertz CT molecular complexity index is 1260. The van der Waals surface area contributed by atoms with E-state index < -0.39 is 17.5 Å². The Hall–Kier alpha value is -3.33. The summed E-state index contributed by atoms with van der Waals surface area (Å²) in [7, 11) is 0. The van der Waals surface area contributed by atoms with Crippen molar-refractivity contribution >= 4 is 23.2 Å². The van der Waals surface area contributed by atoms with Crippen LogP contribution in [-0.2, 0) is 11.8 Å². The maximum atomic E-state index is 13.8. The number of alkyl halides is 3. The number of nitrogens with zero attached hydrogens (tertiary/aromatic N) is 2. The summed E-state index contributed by atoms with van der Waals surface area (Å²) in [5, 5.41) is 10.2. The van der Waals surface area contributed by atoms with E-state index in [1.807, 2.05) is 0 Å². The number of carbonyl (C=O) groups is 1. The number of anilines is 1. The zero-order valence-electron chi connectivity index (χ0n) is 17.2. The maximum Gasteiger partial charge on any atom is 0.431 e. The number of piperidine rings is 1. The Kier molecular flexibility index (Phi) is 4.79. The molecule has 3 heterocycles. The number of rotatable bonds is 1. The number of nitrogens with two attached hydrogens (primary N) is 1. The number of halogens is 4. The molecule has 0 saturated carbocycles. The van der Waals surface area contributed by atoms with Crippen molar-refractivity contribution in [1.29, 1.82) is 0 Å². The summed E-state index contributed by atoms with van der Waals surface area (Å²) in [6.45, 7) is 0.513. The summed E-state index contributed by atoms with van der Waals surface area (Å²) >= 11 is 6.10. The summed E-state index contributed by atoms with van der Waals surface area (Å²) < 4.78 is 48.8. The molecular weight excluding hydrogens is 459 g/mol. The van der Waals surface area contributed by atoms with Gasteiger partial charge in [-0.2, -0.15) is 13.2 Å². The zero-order valence-corrected chi connectivity index (χ0v) is 18.0. The Morgan fingerprint density at radius 3 is 2.48 bits per heavy atom. The number of phenols is 1. The van der Waals surface area contributed by atoms with Crippen LogP contribution in [0, 0.1) is 0 Å². The number of likely N-dealkylation sites (tertiary alicyclic amines) is 1. The van der Waals surface area contributed by atoms with Gasteiger partial charge in [-0.3, -0.25) is 4.79 Å². The molecular formula is C23H19ClF3N3O3. The number of hydrogen-bond donors (Lipinski definition) is 2. The lowest BCUT2D eigenvalue weighted by Crippen LogP contribution is -2.50. The normalized spacial score (nSPS) is 16.8. The molecule has 10 heteroatoms. The summed E-state index contributed by atoms with van der Waals surface area (Å²) in [4.78, 5) is 14.5. The average Bonchev–Trinajstić information content (AvgIpc) is 3.23. The van der Waals surface area contributed by atoms with Crippen LogP contribution in [0.5, 0.6) is 11.5 Å². The number of ether oxygens (including phenoxy) is 1. The number of benzene rings is 2. The minimum absolute atomic E-state index is 0.165. The molecule has 33 heavy (non-hydrogen) atoms. The lowest BCUT2D eigenvalue weighted by molar-refractivity contribution is -0.143. The molecule has 0 unspecified atom stereocenters. The van der Waals surface area contributed by atoms with Crippen molar-refractivity contribution in [2.24, 2.45) is 0 Å². The highest BCUT2D eigenvalue weighted by Gasteiger charge is 2.48. The van der Waals surface area contributed by atoms with Gasteiger partial charge in [-0.1, -0.05) is 11.6 Å². The van der Waals surface area contributed by atoms with Gasteiger partial charge >= 0.3 is 6.18 Å². The predicted molar refractivity (Wildman–Crippen MR) is 116 cm³/mol. The van der Waals surface area contributed by atoms with Crippen molar-refractivity contribution in [3.8, 4) is 17.2 Å². The number of carbonyl (C=O) groups excluding carboxylic acids is 1. The molecule has 3 aromatic rings. The van der Waals surface area contributed by atoms with Crippen LogP contribution in [0.15, 0.2) is 48.5 Å². The van der Waals surface area contributed by atoms with Gasteiger partial charge in [0.2, 0.25) is 0 Å². The van der Waals surface area contributed by atoms with Gasteiger partial charge in [0.25, 0.3) is 5.91 Å². The first-order valence-electron chi connectivity index (χ1n) is 10.3. The quantitative estimate of drug-likeness (QED) is 0.383. The van der Waals surface area contributed by atoms with E-state index >= 15 is 0 Å². The second-order valence-corrected chi connectivity index (χ2v) is 8.65. The van der Waals surface area contributed by atoms with Gasteiger partial charge in [-0.15, -0.1) is 0 Å². The molecule has 0 radical (unpaired) electrons. The largest absolute Gasteiger partial charge is 0.506 e. The molecule has 0 aliphatic carbocycles. The minimum atomic E-state index is -4.55. The lowest BCUT2D eigenvalue weighted by Gasteiger charge is -2.45. The van der Waals surface area contributed by atoms with Crippen LogP contribution >= 0.6 is 11.6 Å². The first-order valence-corrected chi connectivity index (χ1v) is 10.6. The number of aromatic hydroxyl groups is 1. The fraction of sp³-hybridized carbons (Fsp3) is 0.261. The van der Waals surface area contributed by atoms with E-state index in [4.69, 9.17) is 22.1 Å². The molecule has 2 aliphatic rings. The number of aromatic nitrogens is 1. The molecule has 1 spiro atoms. The van der Waals surface area contributed by atoms with Gasteiger partial charge in [-0.05, 0) is 42.5 Å². The highest BCUT2D eigenvalue weighted by Crippen LogP contribution is 2.48. The van der Waals surface area contributed by atoms with Crippen LogP contribution in [0.1, 0.15) is 34.6 Å². The predicted octanol–water partition coefficient (Wildman–Crippen LogP) is 4.96. The number of hydrogen-bond acceptors (Lipinski definition) is 4. The first kappa shape index (κ1) is 21.5. The van der Waals surface area contributed by atoms with Crippen LogP contribution < -0.4 is 10.5 Å². The second-order valence-electron chi connectivity index (χ2n) is 8.21. The van der Waals surface area contributed by atoms with Crippen molar-refractivity contribution in [1.82, 2.24) is 9.47 Å². The molecule has 2 aromatic carbocycles. The third kappa shape index (κ3) is 3.47. The Balaban J connectivity index is 1.49. The Labute approximate surface area is 191 Å². The Morgan fingerprint density at radius 2 is 1.82 bits per heavy atom. The van der Waals surface area contributed by atoms with Crippen molar-refractivity contribution in [3.05, 3.63) is 70.5 Å². The molecule has 172 valence electrons. The van der Waals surface area contributed by atoms with E-state index in [1.54, 1.807) is 4.90 Å². The smallest absolute Gasteiger partial charge is 0.431 e. The van der Waals surface area contributed by atoms with E-state index in [0.29, 0.717) is 10.7 Å². The Morgan fingerprint density at radius 1 is 1.09 bits per heavy atom. The van der Waals surface area contributed by atoms with Gasteiger partial charge in [0.1, 0.15) is 17.2 Å². The monoisotopic (exact) mass is 477 g/mol. The minimum Gasteiger partial charge on any atom is -0.506 e. The SMILES string of the molecule is Nc1ccc(C(=O)N2CCC3(CC2)Oc2cc(Cl)ccc2-n2c(C(F)(F)F)ccc23)cc1O. The lowest BCUT2D eigenvalue weighted by atomic mass is 9.86. The van der Waals surface area contributed by atoms with E-state index in [-0.39, 0.29) is 60.3 Å². The molecule has 2 aliphatic heterocycles. The molecule has 5 rings (SSSR count). The number of fused-ring (bicyclic) bond motifs is 4. The first-order chi connectivity index (χ1) is 15.6. The van der Waals surface area contributed by atoms with Gasteiger partial charge in [-0.25, -0.2) is 0 Å². The van der Waals surface area contributed by atoms with E-state index in [2.05, 4.69) is 0 Å². The third-order valence-corrected chi connectivity index (χ3v) is 6.48. The van der Waals surface area contributed by atoms with E-state index in [0.717, 1.165) is 6.07 Å². The molecule has 6 nitrogen and oxygen atoms in total. The average molecular weight is 478 g/mol. The molecule has 0 bridgehead atoms. The van der Waals surface area contributed by atoms with E-state index in [9.17, 15) is 23.1 Å². The molecule has 1 aromatic heterocycles. The summed E-state index contributed by atoms with van der Waals surface area (Å²) in [5.41, 5.74) is 4.88. The van der Waals surface area contributed by atoms with Crippen LogP contribution in [0.25, 0.3) is 5.69 Å². The fourth-order valence-corrected chi connectivity index (χ4v) is 4.74. The molecule has 1 fully saturated rings. The summed E-state index contributed by atoms with van der Waals surface area (Å²) in [6.07, 6.45) is -3.98. The molecule has 0 atom stereocenters. The highest BCUT2D eigenvalue weighted by atomic mass is 35.5. The van der Waals surface area contributed by atoms with Crippen molar-refractivity contribution in [2.75, 3.05) is 18.8 Å². The van der Waals surface area contributed by atoms with Crippen molar-refractivity contribution in [3.63, 3.8) is 0 Å². The summed E-state index contributed by atoms with van der Waals surface area (Å²) in [6, 6.07) is 11.3. The molecule has 1 amide bonds. The van der Waals surface area contributed by atoms with Crippen LogP contribution in [0.3, 0.4) is 0 Å². The van der Waals surface area contributed by atoms with Crippen molar-refractivity contribution < 1.29 is 27.8 Å². The molecule has 3 N–H and O–H groups in total. The van der Waals surface area contributed by atoms with Gasteiger partial charge < -0.3 is 25.0 Å². The number of phenolic OH excluding ortho intramolecular Hbond substituents is 1. The van der Waals surface area contributed by atoms with Crippen LogP contribution in [-0.4, -0.2) is 33.6 Å². The van der Waals surface area contributed by atoms with Crippen molar-refractivity contribution in [2.45, 2.75) is 24.6 Å². The van der Waals surface area contributed by atoms with Crippen LogP contribution in [0.4, 0.5) is 18.9 Å². The van der Waals surface area contributed by atoms with Gasteiger partial charge in [0.15, 0.2) is 5.60 Å². The standard InChI is InChI=1S/C23H19ClF3N3O3/c24-14-2-4-16-18(12-14)33-22(19-5-6-20(30(16)19)23(25,26)27)7-9-29(10-8-22)21(32)13-1-3-15(28)17(31)11-13/h1-6,11-12,31H,7-10,28H2. The second kappa shape index (κ2) is 7.34. The summed E-state index contributed by atoms with van der Waals surface area (Å²) in [5.74, 6) is -0.221. The van der Waals surface area contributed by atoms with Gasteiger partial charge in [0, 0.05) is 42.6 Å². The maximum absolute atomic E-state index is 13.8. The molecule has 1 saturated heterocycles. The number of amides is 1. The topological polar surface area (TPSA) is 80.7 Å². The highest BCUT2D eigenvalue weighted by molar-refractivity contribution is 6.30. The zero-order chi connectivity index (χ0) is 23.5. The third-order valence-electron chi connectivity index (χ3n) is 6.24. The van der Waals surface area contributed by atoms with E-state index in [1.165, 1.54) is 47.0 Å².